The summed E-state index contributed by atoms with van der Waals surface area (Å²) in [6.45, 7) is 2.25. The summed E-state index contributed by atoms with van der Waals surface area (Å²) in [5, 5.41) is 13.0. The number of carbonyl (C=O) groups is 1. The molecule has 1 aromatic heterocycles. The van der Waals surface area contributed by atoms with E-state index in [0.717, 1.165) is 22.2 Å². The van der Waals surface area contributed by atoms with Crippen LogP contribution in [0.3, 0.4) is 0 Å². The summed E-state index contributed by atoms with van der Waals surface area (Å²) in [6, 6.07) is 8.62. The van der Waals surface area contributed by atoms with Crippen molar-refractivity contribution in [1.29, 1.82) is 0 Å². The minimum atomic E-state index is -2.89. The van der Waals surface area contributed by atoms with E-state index in [-0.39, 0.29) is 25.7 Å². The van der Waals surface area contributed by atoms with Crippen molar-refractivity contribution in [2.45, 2.75) is 51.1 Å². The molecular weight excluding hydrogens is 326 g/mol. The zero-order valence-electron chi connectivity index (χ0n) is 14.1. The predicted molar refractivity (Wildman–Crippen MR) is 91.6 cm³/mol. The van der Waals surface area contributed by atoms with Crippen molar-refractivity contribution in [2.24, 2.45) is 5.92 Å². The summed E-state index contributed by atoms with van der Waals surface area (Å²) in [5.74, 6) is -4.54. The molecule has 1 fully saturated rings. The summed E-state index contributed by atoms with van der Waals surface area (Å²) in [5.41, 5.74) is 2.73. The monoisotopic (exact) mass is 348 g/mol. The lowest BCUT2D eigenvalue weighted by molar-refractivity contribution is -0.142. The van der Waals surface area contributed by atoms with Crippen LogP contribution in [0.5, 0.6) is 0 Å². The molecule has 25 heavy (non-hydrogen) atoms. The third-order valence-corrected chi connectivity index (χ3v) is 4.93. The molecule has 1 heterocycles. The number of hydrogen-bond acceptors (Lipinski definition) is 3. The number of carboxylic acids is 1. The number of halogens is 2. The molecule has 0 spiro atoms. The quantitative estimate of drug-likeness (QED) is 0.823. The highest BCUT2D eigenvalue weighted by molar-refractivity contribution is 5.79. The van der Waals surface area contributed by atoms with Gasteiger partial charge in [-0.15, -0.1) is 0 Å². The normalized spacial score (nSPS) is 23.3. The Balaban J connectivity index is 1.69. The molecule has 0 amide bonds. The Kier molecular flexibility index (Phi) is 4.99. The molecule has 0 unspecified atom stereocenters. The second kappa shape index (κ2) is 7.04. The molecule has 6 heteroatoms. The number of hydrogen-bond donors (Lipinski definition) is 2. The van der Waals surface area contributed by atoms with Gasteiger partial charge in [-0.05, 0) is 49.9 Å². The fraction of sp³-hybridized carbons (Fsp3) is 0.474. The van der Waals surface area contributed by atoms with Crippen molar-refractivity contribution in [3.8, 4) is 0 Å². The third kappa shape index (κ3) is 4.12. The molecule has 134 valence electrons. The number of rotatable bonds is 4. The second-order valence-electron chi connectivity index (χ2n) is 6.83. The van der Waals surface area contributed by atoms with Crippen LogP contribution in [0.1, 0.15) is 36.9 Å². The minimum Gasteiger partial charge on any atom is -0.481 e. The Bertz CT molecular complexity index is 779. The fourth-order valence-electron chi connectivity index (χ4n) is 3.39. The first kappa shape index (κ1) is 17.7. The van der Waals surface area contributed by atoms with Gasteiger partial charge < -0.3 is 10.4 Å². The maximum atomic E-state index is 14.3. The number of pyridine rings is 1. The van der Waals surface area contributed by atoms with Gasteiger partial charge in [0, 0.05) is 24.0 Å². The maximum Gasteiger partial charge on any atom is 0.306 e. The molecule has 1 aliphatic rings. The van der Waals surface area contributed by atoms with Gasteiger partial charge in [0.25, 0.3) is 5.92 Å². The van der Waals surface area contributed by atoms with Gasteiger partial charge >= 0.3 is 5.97 Å². The van der Waals surface area contributed by atoms with Gasteiger partial charge in [-0.1, -0.05) is 12.1 Å². The van der Waals surface area contributed by atoms with E-state index < -0.39 is 23.9 Å². The van der Waals surface area contributed by atoms with Crippen LogP contribution < -0.4 is 5.32 Å². The molecular formula is C19H22F2N2O2. The smallest absolute Gasteiger partial charge is 0.306 e. The first-order valence-corrected chi connectivity index (χ1v) is 8.55. The summed E-state index contributed by atoms with van der Waals surface area (Å²) in [6.07, 6.45) is 0.0892. The first-order chi connectivity index (χ1) is 11.8. The van der Waals surface area contributed by atoms with E-state index in [0.29, 0.717) is 6.54 Å². The van der Waals surface area contributed by atoms with Crippen LogP contribution in [0.15, 0.2) is 30.3 Å². The Morgan fingerprint density at radius 3 is 2.84 bits per heavy atom. The highest BCUT2D eigenvalue weighted by Gasteiger charge is 2.42. The number of carboxylic acid groups (broad SMARTS) is 1. The average Bonchev–Trinajstić information content (AvgIpc) is 2.71. The molecule has 2 aromatic rings. The van der Waals surface area contributed by atoms with Crippen LogP contribution in [0.4, 0.5) is 8.78 Å². The van der Waals surface area contributed by atoms with E-state index in [2.05, 4.69) is 10.3 Å². The number of aryl methyl sites for hydroxylation is 1. The number of aliphatic carboxylic acids is 1. The van der Waals surface area contributed by atoms with Gasteiger partial charge in [0.05, 0.1) is 17.5 Å². The van der Waals surface area contributed by atoms with Gasteiger partial charge in [-0.25, -0.2) is 8.78 Å². The van der Waals surface area contributed by atoms with Crippen molar-refractivity contribution >= 4 is 16.9 Å². The lowest BCUT2D eigenvalue weighted by Crippen LogP contribution is -2.43. The highest BCUT2D eigenvalue weighted by Crippen LogP contribution is 2.35. The zero-order valence-corrected chi connectivity index (χ0v) is 14.1. The standard InChI is InChI=1S/C19H22F2N2O2/c1-12-2-4-15-10-13(3-6-16(15)23-12)11-22-17-7-5-14(18(24)25)8-9-19(17,20)21/h2-4,6,10,14,17,22H,5,7-9,11H2,1H3,(H,24,25)/t14-,17-/m1/s1. The summed E-state index contributed by atoms with van der Waals surface area (Å²) >= 11 is 0. The molecule has 3 rings (SSSR count). The van der Waals surface area contributed by atoms with E-state index >= 15 is 0 Å². The predicted octanol–water partition coefficient (Wildman–Crippen LogP) is 3.91. The van der Waals surface area contributed by atoms with Gasteiger partial charge in [0.15, 0.2) is 0 Å². The van der Waals surface area contributed by atoms with Crippen LogP contribution >= 0.6 is 0 Å². The molecule has 0 radical (unpaired) electrons. The third-order valence-electron chi connectivity index (χ3n) is 4.93. The number of benzene rings is 1. The highest BCUT2D eigenvalue weighted by atomic mass is 19.3. The van der Waals surface area contributed by atoms with Crippen molar-refractivity contribution in [2.75, 3.05) is 0 Å². The van der Waals surface area contributed by atoms with Gasteiger partial charge in [0.2, 0.25) is 0 Å². The summed E-state index contributed by atoms with van der Waals surface area (Å²) < 4.78 is 28.6. The molecule has 0 aliphatic heterocycles. The van der Waals surface area contributed by atoms with E-state index in [9.17, 15) is 13.6 Å². The Labute approximate surface area is 145 Å². The number of nitrogens with zero attached hydrogens (tertiary/aromatic N) is 1. The fourth-order valence-corrected chi connectivity index (χ4v) is 3.39. The molecule has 2 N–H and O–H groups in total. The molecule has 1 saturated carbocycles. The van der Waals surface area contributed by atoms with Crippen LogP contribution in [0, 0.1) is 12.8 Å². The van der Waals surface area contributed by atoms with Crippen LogP contribution in [-0.2, 0) is 11.3 Å². The molecule has 0 bridgehead atoms. The Hall–Kier alpha value is -2.08. The largest absolute Gasteiger partial charge is 0.481 e. The van der Waals surface area contributed by atoms with Crippen molar-refractivity contribution in [3.05, 3.63) is 41.6 Å². The Morgan fingerprint density at radius 2 is 2.08 bits per heavy atom. The topological polar surface area (TPSA) is 62.2 Å². The molecule has 2 atom stereocenters. The molecule has 4 nitrogen and oxygen atoms in total. The van der Waals surface area contributed by atoms with E-state index in [1.807, 2.05) is 37.3 Å². The molecule has 1 aromatic carbocycles. The lowest BCUT2D eigenvalue weighted by atomic mass is 10.0. The molecule has 1 aliphatic carbocycles. The average molecular weight is 348 g/mol. The van der Waals surface area contributed by atoms with Gasteiger partial charge in [-0.2, -0.15) is 0 Å². The van der Waals surface area contributed by atoms with Crippen LogP contribution in [0.25, 0.3) is 10.9 Å². The number of fused-ring (bicyclic) bond motifs is 1. The molecule has 0 saturated heterocycles. The van der Waals surface area contributed by atoms with Crippen molar-refractivity contribution < 1.29 is 18.7 Å². The zero-order chi connectivity index (χ0) is 18.0. The van der Waals surface area contributed by atoms with Gasteiger partial charge in [0.1, 0.15) is 0 Å². The maximum absolute atomic E-state index is 14.3. The van der Waals surface area contributed by atoms with Crippen molar-refractivity contribution in [3.63, 3.8) is 0 Å². The van der Waals surface area contributed by atoms with E-state index in [1.165, 1.54) is 0 Å². The lowest BCUT2D eigenvalue weighted by Gasteiger charge is -2.25. The second-order valence-corrected chi connectivity index (χ2v) is 6.83. The first-order valence-electron chi connectivity index (χ1n) is 8.55. The number of alkyl halides is 2. The summed E-state index contributed by atoms with van der Waals surface area (Å²) in [4.78, 5) is 15.5. The number of nitrogens with one attached hydrogen (secondary N) is 1. The van der Waals surface area contributed by atoms with Crippen molar-refractivity contribution in [1.82, 2.24) is 10.3 Å². The SMILES string of the molecule is Cc1ccc2cc(CN[C@@H]3CC[C@@H](C(=O)O)CCC3(F)F)ccc2n1. The Morgan fingerprint density at radius 1 is 1.28 bits per heavy atom. The number of aromatic nitrogens is 1. The minimum absolute atomic E-state index is 0.0293. The summed E-state index contributed by atoms with van der Waals surface area (Å²) in [7, 11) is 0. The van der Waals surface area contributed by atoms with Gasteiger partial charge in [-0.3, -0.25) is 9.78 Å². The van der Waals surface area contributed by atoms with Crippen LogP contribution in [-0.4, -0.2) is 28.0 Å². The van der Waals surface area contributed by atoms with Crippen LogP contribution in [0.2, 0.25) is 0 Å². The van der Waals surface area contributed by atoms with E-state index in [1.54, 1.807) is 0 Å². The van der Waals surface area contributed by atoms with E-state index in [4.69, 9.17) is 5.11 Å².